The van der Waals surface area contributed by atoms with Gasteiger partial charge in [0.25, 0.3) is 0 Å². The third-order valence-corrected chi connectivity index (χ3v) is 3.14. The van der Waals surface area contributed by atoms with E-state index >= 15 is 0 Å². The lowest BCUT2D eigenvalue weighted by Gasteiger charge is -2.07. The maximum absolute atomic E-state index is 5.19. The number of aromatic nitrogens is 2. The SMILES string of the molecule is COc1ccc(-c2nn(C)cc2CNCC(C)C)cc1. The smallest absolute Gasteiger partial charge is 0.118 e. The quantitative estimate of drug-likeness (QED) is 0.879. The van der Waals surface area contributed by atoms with Crippen molar-refractivity contribution in [2.45, 2.75) is 20.4 Å². The molecule has 0 aliphatic carbocycles. The first-order chi connectivity index (χ1) is 9.60. The standard InChI is InChI=1S/C16H23N3O/c1-12(2)9-17-10-14-11-19(3)18-16(14)13-5-7-15(20-4)8-6-13/h5-8,11-12,17H,9-10H2,1-4H3. The van der Waals surface area contributed by atoms with Gasteiger partial charge in [-0.05, 0) is 36.7 Å². The van der Waals surface area contributed by atoms with E-state index in [1.54, 1.807) is 7.11 Å². The zero-order chi connectivity index (χ0) is 14.5. The lowest BCUT2D eigenvalue weighted by molar-refractivity contribution is 0.415. The Bertz CT molecular complexity index is 543. The maximum Gasteiger partial charge on any atom is 0.118 e. The molecule has 2 rings (SSSR count). The summed E-state index contributed by atoms with van der Waals surface area (Å²) in [4.78, 5) is 0. The summed E-state index contributed by atoms with van der Waals surface area (Å²) in [6, 6.07) is 8.03. The minimum Gasteiger partial charge on any atom is -0.497 e. The zero-order valence-corrected chi connectivity index (χ0v) is 12.7. The molecule has 1 heterocycles. The Labute approximate surface area is 120 Å². The molecule has 0 aliphatic rings. The molecule has 20 heavy (non-hydrogen) atoms. The summed E-state index contributed by atoms with van der Waals surface area (Å²) in [5, 5.41) is 8.04. The van der Waals surface area contributed by atoms with Crippen molar-refractivity contribution in [3.8, 4) is 17.0 Å². The predicted molar refractivity (Wildman–Crippen MR) is 81.7 cm³/mol. The Morgan fingerprint density at radius 1 is 1.25 bits per heavy atom. The van der Waals surface area contributed by atoms with Crippen molar-refractivity contribution in [3.05, 3.63) is 36.0 Å². The lowest BCUT2D eigenvalue weighted by Crippen LogP contribution is -2.19. The molecule has 108 valence electrons. The number of nitrogens with one attached hydrogen (secondary N) is 1. The summed E-state index contributed by atoms with van der Waals surface area (Å²) < 4.78 is 7.06. The van der Waals surface area contributed by atoms with Crippen LogP contribution in [0.5, 0.6) is 5.75 Å². The van der Waals surface area contributed by atoms with Gasteiger partial charge in [-0.2, -0.15) is 5.10 Å². The van der Waals surface area contributed by atoms with Crippen molar-refractivity contribution >= 4 is 0 Å². The zero-order valence-electron chi connectivity index (χ0n) is 12.7. The minimum atomic E-state index is 0.649. The first-order valence-corrected chi connectivity index (χ1v) is 6.98. The molecule has 0 fully saturated rings. The van der Waals surface area contributed by atoms with Gasteiger partial charge in [-0.3, -0.25) is 4.68 Å². The second-order valence-electron chi connectivity index (χ2n) is 5.43. The molecule has 0 aliphatic heterocycles. The topological polar surface area (TPSA) is 39.1 Å². The highest BCUT2D eigenvalue weighted by molar-refractivity contribution is 5.63. The number of nitrogens with zero attached hydrogens (tertiary/aromatic N) is 2. The molecule has 0 atom stereocenters. The molecule has 0 bridgehead atoms. The van der Waals surface area contributed by atoms with E-state index in [0.29, 0.717) is 5.92 Å². The van der Waals surface area contributed by atoms with Crippen molar-refractivity contribution in [1.29, 1.82) is 0 Å². The van der Waals surface area contributed by atoms with Crippen molar-refractivity contribution in [3.63, 3.8) is 0 Å². The van der Waals surface area contributed by atoms with Crippen LogP contribution in [0.15, 0.2) is 30.5 Å². The van der Waals surface area contributed by atoms with E-state index in [2.05, 4.69) is 30.5 Å². The third-order valence-electron chi connectivity index (χ3n) is 3.14. The Kier molecular flexibility index (Phi) is 4.79. The van der Waals surface area contributed by atoms with E-state index in [9.17, 15) is 0 Å². The number of ether oxygens (including phenoxy) is 1. The molecule has 1 aromatic heterocycles. The van der Waals surface area contributed by atoms with Crippen LogP contribution < -0.4 is 10.1 Å². The van der Waals surface area contributed by atoms with Gasteiger partial charge in [0, 0.05) is 30.9 Å². The molecule has 0 amide bonds. The first kappa shape index (κ1) is 14.6. The summed E-state index contributed by atoms with van der Waals surface area (Å²) in [6.45, 7) is 6.27. The van der Waals surface area contributed by atoms with Gasteiger partial charge in [0.15, 0.2) is 0 Å². The molecule has 4 heteroatoms. The number of aryl methyl sites for hydroxylation is 1. The number of methoxy groups -OCH3 is 1. The van der Waals surface area contributed by atoms with Crippen LogP contribution in [-0.2, 0) is 13.6 Å². The van der Waals surface area contributed by atoms with E-state index in [4.69, 9.17) is 4.74 Å². The molecule has 0 saturated heterocycles. The Hall–Kier alpha value is -1.81. The van der Waals surface area contributed by atoms with Crippen LogP contribution >= 0.6 is 0 Å². The van der Waals surface area contributed by atoms with E-state index in [1.165, 1.54) is 5.56 Å². The van der Waals surface area contributed by atoms with Gasteiger partial charge in [-0.25, -0.2) is 0 Å². The van der Waals surface area contributed by atoms with E-state index in [-0.39, 0.29) is 0 Å². The molecule has 0 unspecified atom stereocenters. The molecular weight excluding hydrogens is 250 g/mol. The molecule has 2 aromatic rings. The number of hydrogen-bond donors (Lipinski definition) is 1. The second-order valence-corrected chi connectivity index (χ2v) is 5.43. The Morgan fingerprint density at radius 2 is 1.95 bits per heavy atom. The fourth-order valence-corrected chi connectivity index (χ4v) is 2.15. The number of benzene rings is 1. The fraction of sp³-hybridized carbons (Fsp3) is 0.438. The molecule has 1 N–H and O–H groups in total. The van der Waals surface area contributed by atoms with Crippen LogP contribution in [0.4, 0.5) is 0 Å². The third kappa shape index (κ3) is 3.61. The molecule has 4 nitrogen and oxygen atoms in total. The minimum absolute atomic E-state index is 0.649. The maximum atomic E-state index is 5.19. The molecule has 0 radical (unpaired) electrons. The van der Waals surface area contributed by atoms with E-state index in [1.807, 2.05) is 36.0 Å². The number of hydrogen-bond acceptors (Lipinski definition) is 3. The largest absolute Gasteiger partial charge is 0.497 e. The highest BCUT2D eigenvalue weighted by atomic mass is 16.5. The van der Waals surface area contributed by atoms with Crippen molar-refractivity contribution in [2.24, 2.45) is 13.0 Å². The molecule has 0 saturated carbocycles. The Balaban J connectivity index is 2.17. The first-order valence-electron chi connectivity index (χ1n) is 6.98. The van der Waals surface area contributed by atoms with Gasteiger partial charge < -0.3 is 10.1 Å². The van der Waals surface area contributed by atoms with Gasteiger partial charge in [0.2, 0.25) is 0 Å². The van der Waals surface area contributed by atoms with E-state index < -0.39 is 0 Å². The van der Waals surface area contributed by atoms with Gasteiger partial charge in [-0.15, -0.1) is 0 Å². The average molecular weight is 273 g/mol. The summed E-state index contributed by atoms with van der Waals surface area (Å²) in [6.07, 6.45) is 2.08. The van der Waals surface area contributed by atoms with Crippen LogP contribution in [-0.4, -0.2) is 23.4 Å². The van der Waals surface area contributed by atoms with Gasteiger partial charge in [0.1, 0.15) is 5.75 Å². The normalized spacial score (nSPS) is 11.1. The lowest BCUT2D eigenvalue weighted by atomic mass is 10.1. The van der Waals surface area contributed by atoms with Gasteiger partial charge in [-0.1, -0.05) is 13.8 Å². The van der Waals surface area contributed by atoms with Crippen molar-refractivity contribution < 1.29 is 4.74 Å². The highest BCUT2D eigenvalue weighted by Crippen LogP contribution is 2.24. The highest BCUT2D eigenvalue weighted by Gasteiger charge is 2.10. The van der Waals surface area contributed by atoms with Crippen LogP contribution in [0.25, 0.3) is 11.3 Å². The monoisotopic (exact) mass is 273 g/mol. The molecule has 1 aromatic carbocycles. The van der Waals surface area contributed by atoms with E-state index in [0.717, 1.165) is 30.1 Å². The van der Waals surface area contributed by atoms with Gasteiger partial charge >= 0.3 is 0 Å². The second kappa shape index (κ2) is 6.57. The predicted octanol–water partition coefficient (Wildman–Crippen LogP) is 2.84. The van der Waals surface area contributed by atoms with Crippen molar-refractivity contribution in [2.75, 3.05) is 13.7 Å². The summed E-state index contributed by atoms with van der Waals surface area (Å²) in [5.41, 5.74) is 3.37. The van der Waals surface area contributed by atoms with Crippen molar-refractivity contribution in [1.82, 2.24) is 15.1 Å². The average Bonchev–Trinajstić information content (AvgIpc) is 2.79. The fourth-order valence-electron chi connectivity index (χ4n) is 2.15. The van der Waals surface area contributed by atoms with Crippen LogP contribution in [0.3, 0.4) is 0 Å². The summed E-state index contributed by atoms with van der Waals surface area (Å²) >= 11 is 0. The molecule has 0 spiro atoms. The van der Waals surface area contributed by atoms with Crippen LogP contribution in [0.1, 0.15) is 19.4 Å². The number of rotatable bonds is 6. The summed E-state index contributed by atoms with van der Waals surface area (Å²) in [7, 11) is 3.63. The molecular formula is C16H23N3O. The van der Waals surface area contributed by atoms with Crippen LogP contribution in [0.2, 0.25) is 0 Å². The van der Waals surface area contributed by atoms with Gasteiger partial charge in [0.05, 0.1) is 12.8 Å². The Morgan fingerprint density at radius 3 is 2.55 bits per heavy atom. The summed E-state index contributed by atoms with van der Waals surface area (Å²) in [5.74, 6) is 1.51. The van der Waals surface area contributed by atoms with Crippen LogP contribution in [0, 0.1) is 5.92 Å².